The van der Waals surface area contributed by atoms with Gasteiger partial charge in [0.25, 0.3) is 0 Å². The molecule has 0 spiro atoms. The zero-order valence-corrected chi connectivity index (χ0v) is 9.01. The second-order valence-corrected chi connectivity index (χ2v) is 3.15. The van der Waals surface area contributed by atoms with Gasteiger partial charge in [-0.15, -0.1) is 0 Å². The van der Waals surface area contributed by atoms with Gasteiger partial charge in [0, 0.05) is 11.8 Å². The van der Waals surface area contributed by atoms with Crippen molar-refractivity contribution in [2.45, 2.75) is 13.0 Å². The van der Waals surface area contributed by atoms with Gasteiger partial charge in [0.1, 0.15) is 5.82 Å². The number of ether oxygens (including phenoxy) is 1. The second-order valence-electron chi connectivity index (χ2n) is 3.15. The number of rotatable bonds is 4. The van der Waals surface area contributed by atoms with Crippen molar-refractivity contribution in [3.63, 3.8) is 0 Å². The summed E-state index contributed by atoms with van der Waals surface area (Å²) in [5, 5.41) is 8.98. The van der Waals surface area contributed by atoms with Crippen LogP contribution in [0.5, 0.6) is 0 Å². The van der Waals surface area contributed by atoms with Gasteiger partial charge in [0.2, 0.25) is 0 Å². The molecule has 0 amide bonds. The van der Waals surface area contributed by atoms with Crippen molar-refractivity contribution in [2.24, 2.45) is 0 Å². The topological polar surface area (TPSA) is 85.4 Å². The highest BCUT2D eigenvalue weighted by molar-refractivity contribution is 5.72. The van der Waals surface area contributed by atoms with Crippen molar-refractivity contribution in [2.75, 3.05) is 12.8 Å². The van der Waals surface area contributed by atoms with Gasteiger partial charge in [0.05, 0.1) is 20.1 Å². The van der Waals surface area contributed by atoms with Gasteiger partial charge < -0.3 is 15.6 Å². The minimum atomic E-state index is -0.304. The van der Waals surface area contributed by atoms with E-state index in [1.807, 2.05) is 0 Å². The van der Waals surface area contributed by atoms with Crippen molar-refractivity contribution in [3.8, 4) is 0 Å². The summed E-state index contributed by atoms with van der Waals surface area (Å²) in [6.07, 6.45) is 5.17. The Kier molecular flexibility index (Phi) is 4.47. The van der Waals surface area contributed by atoms with E-state index < -0.39 is 0 Å². The number of pyridine rings is 1. The summed E-state index contributed by atoms with van der Waals surface area (Å²) in [6, 6.07) is 1.72. The molecule has 1 aromatic rings. The molecule has 0 aliphatic rings. The van der Waals surface area contributed by atoms with E-state index in [1.54, 1.807) is 24.4 Å². The van der Waals surface area contributed by atoms with Crippen molar-refractivity contribution in [1.29, 1.82) is 0 Å². The van der Waals surface area contributed by atoms with Crippen LogP contribution in [0.2, 0.25) is 0 Å². The van der Waals surface area contributed by atoms with Crippen LogP contribution in [0.1, 0.15) is 17.5 Å². The van der Waals surface area contributed by atoms with Crippen molar-refractivity contribution in [1.82, 2.24) is 4.98 Å². The number of aromatic nitrogens is 1. The average Bonchev–Trinajstić information content (AvgIpc) is 2.31. The molecule has 1 heterocycles. The van der Waals surface area contributed by atoms with Gasteiger partial charge in [-0.3, -0.25) is 4.79 Å². The Morgan fingerprint density at radius 2 is 2.44 bits per heavy atom. The standard InChI is InChI=1S/C11H14N2O3/c1-16-10(15)4-2-3-8-5-9(7-14)11(12)13-6-8/h2-3,5-6,14H,4,7H2,1H3,(H2,12,13). The third-order valence-electron chi connectivity index (χ3n) is 2.02. The van der Waals surface area contributed by atoms with Crippen LogP contribution in [0.4, 0.5) is 5.82 Å². The highest BCUT2D eigenvalue weighted by atomic mass is 16.5. The monoisotopic (exact) mass is 222 g/mol. The summed E-state index contributed by atoms with van der Waals surface area (Å²) in [5.74, 6) is 0.00894. The largest absolute Gasteiger partial charge is 0.469 e. The van der Waals surface area contributed by atoms with Crippen molar-refractivity contribution in [3.05, 3.63) is 29.5 Å². The van der Waals surface area contributed by atoms with Crippen LogP contribution in [-0.2, 0) is 16.1 Å². The van der Waals surface area contributed by atoms with E-state index in [2.05, 4.69) is 9.72 Å². The van der Waals surface area contributed by atoms with Gasteiger partial charge in [-0.25, -0.2) is 4.98 Å². The quantitative estimate of drug-likeness (QED) is 0.733. The number of hydrogen-bond donors (Lipinski definition) is 2. The number of nitrogen functional groups attached to an aromatic ring is 1. The molecular weight excluding hydrogens is 208 g/mol. The first kappa shape index (κ1) is 12.2. The summed E-state index contributed by atoms with van der Waals surface area (Å²) < 4.78 is 4.49. The van der Waals surface area contributed by atoms with Crippen LogP contribution >= 0.6 is 0 Å². The van der Waals surface area contributed by atoms with E-state index in [0.29, 0.717) is 11.4 Å². The van der Waals surface area contributed by atoms with Crippen LogP contribution in [0.25, 0.3) is 6.08 Å². The smallest absolute Gasteiger partial charge is 0.309 e. The third-order valence-corrected chi connectivity index (χ3v) is 2.02. The predicted octanol–water partition coefficient (Wildman–Crippen LogP) is 0.732. The zero-order chi connectivity index (χ0) is 12.0. The van der Waals surface area contributed by atoms with E-state index in [4.69, 9.17) is 10.8 Å². The lowest BCUT2D eigenvalue weighted by atomic mass is 10.2. The first-order chi connectivity index (χ1) is 7.67. The first-order valence-corrected chi connectivity index (χ1v) is 4.76. The van der Waals surface area contributed by atoms with E-state index >= 15 is 0 Å². The summed E-state index contributed by atoms with van der Waals surface area (Å²) in [4.78, 5) is 14.7. The van der Waals surface area contributed by atoms with Gasteiger partial charge >= 0.3 is 5.97 Å². The van der Waals surface area contributed by atoms with Crippen LogP contribution in [0, 0.1) is 0 Å². The van der Waals surface area contributed by atoms with E-state index in [-0.39, 0.29) is 19.0 Å². The molecule has 0 aromatic carbocycles. The number of nitrogens with zero attached hydrogens (tertiary/aromatic N) is 1. The minimum Gasteiger partial charge on any atom is -0.469 e. The highest BCUT2D eigenvalue weighted by Gasteiger charge is 1.99. The molecule has 0 radical (unpaired) electrons. The second kappa shape index (κ2) is 5.87. The minimum absolute atomic E-state index is 0.155. The first-order valence-electron chi connectivity index (χ1n) is 4.76. The lowest BCUT2D eigenvalue weighted by molar-refractivity contribution is -0.139. The van der Waals surface area contributed by atoms with Crippen LogP contribution in [0.15, 0.2) is 18.3 Å². The molecule has 86 valence electrons. The fourth-order valence-corrected chi connectivity index (χ4v) is 1.13. The highest BCUT2D eigenvalue weighted by Crippen LogP contribution is 2.12. The fraction of sp³-hybridized carbons (Fsp3) is 0.273. The molecule has 16 heavy (non-hydrogen) atoms. The third kappa shape index (κ3) is 3.36. The fourth-order valence-electron chi connectivity index (χ4n) is 1.13. The molecule has 0 saturated carbocycles. The molecule has 0 bridgehead atoms. The van der Waals surface area contributed by atoms with E-state index in [1.165, 1.54) is 7.11 Å². The van der Waals surface area contributed by atoms with Gasteiger partial charge in [-0.1, -0.05) is 12.2 Å². The van der Waals surface area contributed by atoms with Gasteiger partial charge in [-0.05, 0) is 11.6 Å². The van der Waals surface area contributed by atoms with Crippen molar-refractivity contribution < 1.29 is 14.6 Å². The molecule has 0 aliphatic carbocycles. The maximum atomic E-state index is 10.8. The molecule has 5 nitrogen and oxygen atoms in total. The Hall–Kier alpha value is -1.88. The number of aliphatic hydroxyl groups is 1. The van der Waals surface area contributed by atoms with Crippen molar-refractivity contribution >= 4 is 17.9 Å². The molecule has 0 unspecified atom stereocenters. The molecule has 1 aromatic heterocycles. The molecule has 1 rings (SSSR count). The number of hydrogen-bond acceptors (Lipinski definition) is 5. The molecule has 0 aliphatic heterocycles. The maximum Gasteiger partial charge on any atom is 0.309 e. The number of carbonyl (C=O) groups excluding carboxylic acids is 1. The number of anilines is 1. The SMILES string of the molecule is COC(=O)CC=Cc1cnc(N)c(CO)c1. The van der Waals surface area contributed by atoms with Crippen LogP contribution in [0.3, 0.4) is 0 Å². The van der Waals surface area contributed by atoms with Gasteiger partial charge in [0.15, 0.2) is 0 Å². The summed E-state index contributed by atoms with van der Waals surface area (Å²) >= 11 is 0. The number of nitrogens with two attached hydrogens (primary N) is 1. The molecule has 0 atom stereocenters. The molecular formula is C11H14N2O3. The Morgan fingerprint density at radius 1 is 1.69 bits per heavy atom. The Bertz CT molecular complexity index is 402. The van der Waals surface area contributed by atoms with E-state index in [9.17, 15) is 4.79 Å². The summed E-state index contributed by atoms with van der Waals surface area (Å²) in [5.41, 5.74) is 6.88. The van der Waals surface area contributed by atoms with E-state index in [0.717, 1.165) is 5.56 Å². The lowest BCUT2D eigenvalue weighted by Crippen LogP contribution is -1.98. The molecule has 3 N–H and O–H groups in total. The van der Waals surface area contributed by atoms with Crippen LogP contribution < -0.4 is 5.73 Å². The van der Waals surface area contributed by atoms with Gasteiger partial charge in [-0.2, -0.15) is 0 Å². The predicted molar refractivity (Wildman–Crippen MR) is 60.2 cm³/mol. The maximum absolute atomic E-state index is 10.8. The molecule has 5 heteroatoms. The number of carbonyl (C=O) groups is 1. The number of esters is 1. The number of aliphatic hydroxyl groups excluding tert-OH is 1. The molecule has 0 saturated heterocycles. The Morgan fingerprint density at radius 3 is 3.06 bits per heavy atom. The Balaban J connectivity index is 2.70. The zero-order valence-electron chi connectivity index (χ0n) is 9.01. The average molecular weight is 222 g/mol. The Labute approximate surface area is 93.6 Å². The summed E-state index contributed by atoms with van der Waals surface area (Å²) in [7, 11) is 1.34. The summed E-state index contributed by atoms with van der Waals surface area (Å²) in [6.45, 7) is -0.155. The van der Waals surface area contributed by atoms with Crippen LogP contribution in [-0.4, -0.2) is 23.2 Å². The number of methoxy groups -OCH3 is 1. The lowest BCUT2D eigenvalue weighted by Gasteiger charge is -2.01. The molecule has 0 fully saturated rings. The normalized spacial score (nSPS) is 10.6.